The molecule has 0 bridgehead atoms. The zero-order valence-corrected chi connectivity index (χ0v) is 15.3. The molecule has 2 aromatic carbocycles. The van der Waals surface area contributed by atoms with Crippen molar-refractivity contribution in [3.63, 3.8) is 0 Å². The minimum Gasteiger partial charge on any atom is -0.545 e. The van der Waals surface area contributed by atoms with E-state index in [0.717, 1.165) is 6.42 Å². The minimum absolute atomic E-state index is 0. The van der Waals surface area contributed by atoms with Crippen LogP contribution in [0, 0.1) is 6.92 Å². The van der Waals surface area contributed by atoms with Crippen LogP contribution in [0.1, 0.15) is 21.5 Å². The van der Waals surface area contributed by atoms with Crippen LogP contribution in [0.3, 0.4) is 0 Å². The van der Waals surface area contributed by atoms with Gasteiger partial charge in [0.05, 0.1) is 5.97 Å². The number of carbonyl (C=O) groups excluding carboxylic acids is 1. The van der Waals surface area contributed by atoms with E-state index in [1.807, 2.05) is 6.92 Å². The van der Waals surface area contributed by atoms with Crippen molar-refractivity contribution < 1.29 is 66.4 Å². The van der Waals surface area contributed by atoms with Crippen LogP contribution in [-0.4, -0.2) is 17.6 Å². The maximum atomic E-state index is 10.8. The van der Waals surface area contributed by atoms with E-state index in [4.69, 9.17) is 0 Å². The molecule has 0 radical (unpaired) electrons. The Morgan fingerprint density at radius 1 is 1.19 bits per heavy atom. The summed E-state index contributed by atoms with van der Waals surface area (Å²) in [7, 11) is 0. The fourth-order valence-electron chi connectivity index (χ4n) is 1.92. The first kappa shape index (κ1) is 18.2. The van der Waals surface area contributed by atoms with Gasteiger partial charge in [-0.2, -0.15) is 0 Å². The zero-order chi connectivity index (χ0) is 14.5. The van der Waals surface area contributed by atoms with Crippen LogP contribution in [-0.2, 0) is 6.42 Å². The molecule has 0 saturated heterocycles. The molecule has 0 aliphatic carbocycles. The van der Waals surface area contributed by atoms with Crippen molar-refractivity contribution in [1.29, 1.82) is 0 Å². The normalized spacial score (nSPS) is 9.76. The van der Waals surface area contributed by atoms with Crippen LogP contribution in [0.25, 0.3) is 0 Å². The van der Waals surface area contributed by atoms with Crippen molar-refractivity contribution in [2.75, 3.05) is 11.9 Å². The predicted molar refractivity (Wildman–Crippen MR) is 75.8 cm³/mol. The van der Waals surface area contributed by atoms with Crippen LogP contribution in [0.2, 0.25) is 0 Å². The van der Waals surface area contributed by atoms with Crippen molar-refractivity contribution in [3.8, 4) is 5.75 Å². The van der Waals surface area contributed by atoms with Gasteiger partial charge in [0, 0.05) is 17.8 Å². The molecule has 0 aromatic heterocycles. The number of hydrogen-bond donors (Lipinski definition) is 2. The third-order valence-corrected chi connectivity index (χ3v) is 3.08. The quantitative estimate of drug-likeness (QED) is 0.533. The first-order valence-corrected chi connectivity index (χ1v) is 6.40. The van der Waals surface area contributed by atoms with E-state index in [1.165, 1.54) is 23.3 Å². The molecule has 0 spiro atoms. The summed E-state index contributed by atoms with van der Waals surface area (Å²) in [6, 6.07) is 12.6. The van der Waals surface area contributed by atoms with Crippen LogP contribution in [0.15, 0.2) is 42.5 Å². The van der Waals surface area contributed by atoms with E-state index in [2.05, 4.69) is 29.6 Å². The average Bonchev–Trinajstić information content (AvgIpc) is 2.42. The SMILES string of the molecule is Cc1ccc(CCNc2ccc(O)c(C(=O)[O-])c2)cc1.[K+]. The summed E-state index contributed by atoms with van der Waals surface area (Å²) in [5.74, 6) is -1.67. The molecule has 5 heteroatoms. The predicted octanol–water partition coefficient (Wildman–Crippen LogP) is -1.28. The maximum Gasteiger partial charge on any atom is 1.00 e. The molecular formula is C16H16KNO3. The van der Waals surface area contributed by atoms with Gasteiger partial charge in [0.1, 0.15) is 5.75 Å². The number of carboxylic acids is 1. The Bertz CT molecular complexity index is 611. The second-order valence-corrected chi connectivity index (χ2v) is 4.68. The third-order valence-electron chi connectivity index (χ3n) is 3.08. The molecular weight excluding hydrogens is 293 g/mol. The fourth-order valence-corrected chi connectivity index (χ4v) is 1.92. The Morgan fingerprint density at radius 2 is 1.86 bits per heavy atom. The first-order chi connectivity index (χ1) is 9.56. The summed E-state index contributed by atoms with van der Waals surface area (Å²) in [6.45, 7) is 2.72. The zero-order valence-electron chi connectivity index (χ0n) is 12.2. The first-order valence-electron chi connectivity index (χ1n) is 6.40. The largest absolute Gasteiger partial charge is 1.00 e. The van der Waals surface area contributed by atoms with Crippen LogP contribution in [0.4, 0.5) is 5.69 Å². The fraction of sp³-hybridized carbons (Fsp3) is 0.188. The van der Waals surface area contributed by atoms with Gasteiger partial charge in [-0.1, -0.05) is 29.8 Å². The smallest absolute Gasteiger partial charge is 0.545 e. The van der Waals surface area contributed by atoms with Gasteiger partial charge in [-0.25, -0.2) is 0 Å². The van der Waals surface area contributed by atoms with Crippen LogP contribution >= 0.6 is 0 Å². The topological polar surface area (TPSA) is 72.4 Å². The number of aromatic hydroxyl groups is 1. The molecule has 0 fully saturated rings. The number of nitrogens with one attached hydrogen (secondary N) is 1. The van der Waals surface area contributed by atoms with Crippen molar-refractivity contribution in [1.82, 2.24) is 0 Å². The molecule has 0 unspecified atom stereocenters. The summed E-state index contributed by atoms with van der Waals surface area (Å²) in [5, 5.41) is 23.3. The van der Waals surface area contributed by atoms with Crippen molar-refractivity contribution in [3.05, 3.63) is 59.2 Å². The molecule has 0 saturated carbocycles. The Kier molecular flexibility index (Phi) is 7.41. The number of aryl methyl sites for hydroxylation is 1. The number of aromatic carboxylic acids is 1. The number of phenols is 1. The van der Waals surface area contributed by atoms with E-state index in [-0.39, 0.29) is 62.7 Å². The number of benzene rings is 2. The number of carboxylic acid groups (broad SMARTS) is 1. The molecule has 0 heterocycles. The monoisotopic (exact) mass is 309 g/mol. The summed E-state index contributed by atoms with van der Waals surface area (Å²) in [6.07, 6.45) is 0.835. The number of anilines is 1. The average molecular weight is 309 g/mol. The summed E-state index contributed by atoms with van der Waals surface area (Å²) in [4.78, 5) is 10.8. The third kappa shape index (κ3) is 5.45. The van der Waals surface area contributed by atoms with Crippen molar-refractivity contribution in [2.45, 2.75) is 13.3 Å². The van der Waals surface area contributed by atoms with Gasteiger partial charge in [0.15, 0.2) is 0 Å². The number of carbonyl (C=O) groups is 1. The van der Waals surface area contributed by atoms with E-state index in [9.17, 15) is 15.0 Å². The molecule has 104 valence electrons. The Morgan fingerprint density at radius 3 is 2.48 bits per heavy atom. The number of hydrogen-bond acceptors (Lipinski definition) is 4. The molecule has 21 heavy (non-hydrogen) atoms. The van der Waals surface area contributed by atoms with E-state index in [0.29, 0.717) is 12.2 Å². The van der Waals surface area contributed by atoms with Gasteiger partial charge < -0.3 is 20.3 Å². The molecule has 0 aliphatic heterocycles. The van der Waals surface area contributed by atoms with Gasteiger partial charge >= 0.3 is 51.4 Å². The van der Waals surface area contributed by atoms with Gasteiger partial charge in [0.25, 0.3) is 0 Å². The Labute approximate surface area is 166 Å². The van der Waals surface area contributed by atoms with Crippen molar-refractivity contribution >= 4 is 11.7 Å². The Balaban J connectivity index is 0.00000220. The van der Waals surface area contributed by atoms with Crippen LogP contribution < -0.4 is 61.8 Å². The summed E-state index contributed by atoms with van der Waals surface area (Å²) >= 11 is 0. The molecule has 2 aromatic rings. The summed E-state index contributed by atoms with van der Waals surface area (Å²) in [5.41, 5.74) is 2.88. The standard InChI is InChI=1S/C16H17NO3.K/c1-11-2-4-12(5-3-11)8-9-17-13-6-7-15(18)14(10-13)16(19)20;/h2-7,10,17-18H,8-9H2,1H3,(H,19,20);/q;+1/p-1. The van der Waals surface area contributed by atoms with E-state index < -0.39 is 5.97 Å². The molecule has 2 rings (SSSR count). The minimum atomic E-state index is -1.38. The summed E-state index contributed by atoms with van der Waals surface area (Å²) < 4.78 is 0. The van der Waals surface area contributed by atoms with Gasteiger partial charge in [-0.05, 0) is 37.1 Å². The van der Waals surface area contributed by atoms with Gasteiger partial charge in [0.2, 0.25) is 0 Å². The molecule has 0 aliphatic rings. The second-order valence-electron chi connectivity index (χ2n) is 4.68. The molecule has 0 amide bonds. The van der Waals surface area contributed by atoms with Crippen molar-refractivity contribution in [2.24, 2.45) is 0 Å². The van der Waals surface area contributed by atoms with Gasteiger partial charge in [-0.15, -0.1) is 0 Å². The molecule has 0 atom stereocenters. The molecule has 4 nitrogen and oxygen atoms in total. The Hall–Kier alpha value is -0.854. The second kappa shape index (κ2) is 8.56. The van der Waals surface area contributed by atoms with E-state index in [1.54, 1.807) is 6.07 Å². The molecule has 2 N–H and O–H groups in total. The van der Waals surface area contributed by atoms with E-state index >= 15 is 0 Å². The maximum absolute atomic E-state index is 10.8. The van der Waals surface area contributed by atoms with Crippen LogP contribution in [0.5, 0.6) is 5.75 Å². The van der Waals surface area contributed by atoms with Gasteiger partial charge in [-0.3, -0.25) is 0 Å². The number of rotatable bonds is 5.